The van der Waals surface area contributed by atoms with Gasteiger partial charge < -0.3 is 0 Å². The van der Waals surface area contributed by atoms with E-state index in [2.05, 4.69) is 58.0 Å². The van der Waals surface area contributed by atoms with Gasteiger partial charge in [-0.2, -0.15) is 0 Å². The Hall–Kier alpha value is -1.04. The number of allylic oxidation sites excluding steroid dienone is 2. The molecule has 0 aliphatic rings. The van der Waals surface area contributed by atoms with Crippen LogP contribution in [0.4, 0.5) is 0 Å². The average Bonchev–Trinajstić information content (AvgIpc) is 2.18. The maximum Gasteiger partial charge on any atom is 0.00179 e. The molecule has 0 N–H and O–H groups in total. The molecule has 0 bridgehead atoms. The Labute approximate surface area is 87.7 Å². The Kier molecular flexibility index (Phi) is 3.94. The van der Waals surface area contributed by atoms with Crippen LogP contribution in [0.2, 0.25) is 0 Å². The smallest absolute Gasteiger partial charge is 0.00179 e. The van der Waals surface area contributed by atoms with Gasteiger partial charge in [-0.25, -0.2) is 0 Å². The third-order valence-corrected chi connectivity index (χ3v) is 2.70. The van der Waals surface area contributed by atoms with Gasteiger partial charge in [0.05, 0.1) is 0 Å². The van der Waals surface area contributed by atoms with Gasteiger partial charge in [0.2, 0.25) is 0 Å². The van der Waals surface area contributed by atoms with Gasteiger partial charge >= 0.3 is 0 Å². The summed E-state index contributed by atoms with van der Waals surface area (Å²) in [6, 6.07) is 6.71. The highest BCUT2D eigenvalue weighted by molar-refractivity contribution is 5.35. The van der Waals surface area contributed by atoms with Crippen molar-refractivity contribution in [2.45, 2.75) is 40.0 Å². The number of aryl methyl sites for hydroxylation is 2. The molecule has 1 atom stereocenters. The third kappa shape index (κ3) is 2.47. The predicted octanol–water partition coefficient (Wildman–Crippen LogP) is 4.37. The zero-order valence-corrected chi connectivity index (χ0v) is 9.67. The summed E-state index contributed by atoms with van der Waals surface area (Å²) in [5.41, 5.74) is 4.24. The van der Waals surface area contributed by atoms with Gasteiger partial charge in [-0.05, 0) is 38.3 Å². The Bertz CT molecular complexity index is 321. The van der Waals surface area contributed by atoms with E-state index in [0.717, 1.165) is 0 Å². The van der Waals surface area contributed by atoms with Gasteiger partial charge in [0.15, 0.2) is 0 Å². The molecule has 0 heterocycles. The van der Waals surface area contributed by atoms with Crippen molar-refractivity contribution in [1.29, 1.82) is 0 Å². The van der Waals surface area contributed by atoms with Crippen LogP contribution >= 0.6 is 0 Å². The van der Waals surface area contributed by atoms with Gasteiger partial charge in [-0.15, -0.1) is 0 Å². The van der Waals surface area contributed by atoms with Gasteiger partial charge in [-0.3, -0.25) is 0 Å². The monoisotopic (exact) mass is 188 g/mol. The lowest BCUT2D eigenvalue weighted by atomic mass is 9.91. The number of hydrogen-bond acceptors (Lipinski definition) is 0. The Balaban J connectivity index is 3.08. The zero-order valence-electron chi connectivity index (χ0n) is 9.67. The quantitative estimate of drug-likeness (QED) is 0.618. The van der Waals surface area contributed by atoms with Crippen molar-refractivity contribution >= 4 is 0 Å². The van der Waals surface area contributed by atoms with E-state index in [1.54, 1.807) is 0 Å². The Morgan fingerprint density at radius 1 is 1.29 bits per heavy atom. The first kappa shape index (κ1) is 11.0. The summed E-state index contributed by atoms with van der Waals surface area (Å²) in [4.78, 5) is 0. The zero-order chi connectivity index (χ0) is 10.6. The predicted molar refractivity (Wildman–Crippen MR) is 63.8 cm³/mol. The largest absolute Gasteiger partial charge is 0.0910 e. The fourth-order valence-electron chi connectivity index (χ4n) is 1.85. The Morgan fingerprint density at radius 2 is 2.00 bits per heavy atom. The third-order valence-electron chi connectivity index (χ3n) is 2.70. The van der Waals surface area contributed by atoms with Crippen LogP contribution in [0, 0.1) is 13.8 Å². The molecule has 1 aromatic rings. The van der Waals surface area contributed by atoms with Crippen molar-refractivity contribution in [3.05, 3.63) is 47.0 Å². The maximum atomic E-state index is 2.31. The average molecular weight is 188 g/mol. The molecule has 76 valence electrons. The van der Waals surface area contributed by atoms with E-state index in [4.69, 9.17) is 0 Å². The molecule has 0 radical (unpaired) electrons. The summed E-state index contributed by atoms with van der Waals surface area (Å²) < 4.78 is 0. The summed E-state index contributed by atoms with van der Waals surface area (Å²) in [6.45, 7) is 8.69. The van der Waals surface area contributed by atoms with Crippen molar-refractivity contribution in [2.75, 3.05) is 0 Å². The summed E-state index contributed by atoms with van der Waals surface area (Å²) in [5.74, 6) is 0.583. The first-order chi connectivity index (χ1) is 6.69. The summed E-state index contributed by atoms with van der Waals surface area (Å²) in [5, 5.41) is 0. The molecule has 14 heavy (non-hydrogen) atoms. The van der Waals surface area contributed by atoms with Gasteiger partial charge in [-0.1, -0.05) is 42.8 Å². The molecule has 0 unspecified atom stereocenters. The van der Waals surface area contributed by atoms with E-state index in [1.807, 2.05) is 0 Å². The fourth-order valence-corrected chi connectivity index (χ4v) is 1.85. The van der Waals surface area contributed by atoms with Crippen molar-refractivity contribution in [2.24, 2.45) is 0 Å². The van der Waals surface area contributed by atoms with Crippen LogP contribution in [0.5, 0.6) is 0 Å². The van der Waals surface area contributed by atoms with Crippen LogP contribution < -0.4 is 0 Å². The molecule has 0 nitrogen and oxygen atoms in total. The molecule has 1 rings (SSSR count). The van der Waals surface area contributed by atoms with Crippen LogP contribution in [-0.4, -0.2) is 0 Å². The van der Waals surface area contributed by atoms with Crippen LogP contribution in [0.3, 0.4) is 0 Å². The van der Waals surface area contributed by atoms with Crippen LogP contribution in [-0.2, 0) is 0 Å². The molecule has 0 spiro atoms. The molecule has 0 fully saturated rings. The highest BCUT2D eigenvalue weighted by Gasteiger charge is 2.07. The molecule has 0 saturated heterocycles. The normalized spacial score (nSPS) is 13.4. The molecule has 1 aromatic carbocycles. The summed E-state index contributed by atoms with van der Waals surface area (Å²) >= 11 is 0. The van der Waals surface area contributed by atoms with Crippen molar-refractivity contribution in [3.63, 3.8) is 0 Å². The van der Waals surface area contributed by atoms with Crippen molar-refractivity contribution in [3.8, 4) is 0 Å². The molecular weight excluding hydrogens is 168 g/mol. The molecule has 0 aliphatic carbocycles. The highest BCUT2D eigenvalue weighted by Crippen LogP contribution is 2.25. The minimum Gasteiger partial charge on any atom is -0.0910 e. The minimum absolute atomic E-state index is 0.583. The second-order valence-corrected chi connectivity index (χ2v) is 3.90. The number of hydrogen-bond donors (Lipinski definition) is 0. The SMILES string of the molecule is C/C=C/[C@H](CC)c1cc(C)ccc1C. The van der Waals surface area contributed by atoms with Gasteiger partial charge in [0, 0.05) is 5.92 Å². The van der Waals surface area contributed by atoms with Gasteiger partial charge in [0.25, 0.3) is 0 Å². The van der Waals surface area contributed by atoms with Crippen molar-refractivity contribution in [1.82, 2.24) is 0 Å². The molecule has 0 heteroatoms. The first-order valence-electron chi connectivity index (χ1n) is 5.39. The van der Waals surface area contributed by atoms with E-state index in [9.17, 15) is 0 Å². The van der Waals surface area contributed by atoms with E-state index in [-0.39, 0.29) is 0 Å². The van der Waals surface area contributed by atoms with E-state index in [0.29, 0.717) is 5.92 Å². The molecular formula is C14H20. The molecule has 0 saturated carbocycles. The van der Waals surface area contributed by atoms with E-state index < -0.39 is 0 Å². The van der Waals surface area contributed by atoms with E-state index >= 15 is 0 Å². The molecule has 0 aliphatic heterocycles. The minimum atomic E-state index is 0.583. The summed E-state index contributed by atoms with van der Waals surface area (Å²) in [7, 11) is 0. The van der Waals surface area contributed by atoms with Crippen LogP contribution in [0.15, 0.2) is 30.4 Å². The standard InChI is InChI=1S/C14H20/c1-5-7-13(6-2)14-10-11(3)8-9-12(14)4/h5,7-10,13H,6H2,1-4H3/b7-5+/t13-/m0/s1. The number of benzene rings is 1. The molecule has 0 amide bonds. The topological polar surface area (TPSA) is 0 Å². The lowest BCUT2D eigenvalue weighted by Gasteiger charge is -2.14. The lowest BCUT2D eigenvalue weighted by molar-refractivity contribution is 0.796. The fraction of sp³-hybridized carbons (Fsp3) is 0.429. The lowest BCUT2D eigenvalue weighted by Crippen LogP contribution is -1.97. The second-order valence-electron chi connectivity index (χ2n) is 3.90. The van der Waals surface area contributed by atoms with Crippen molar-refractivity contribution < 1.29 is 0 Å². The highest BCUT2D eigenvalue weighted by atomic mass is 14.1. The second kappa shape index (κ2) is 4.99. The van der Waals surface area contributed by atoms with Crippen LogP contribution in [0.25, 0.3) is 0 Å². The summed E-state index contributed by atoms with van der Waals surface area (Å²) in [6.07, 6.45) is 5.62. The number of rotatable bonds is 3. The molecule has 0 aromatic heterocycles. The van der Waals surface area contributed by atoms with Gasteiger partial charge in [0.1, 0.15) is 0 Å². The van der Waals surface area contributed by atoms with Crippen LogP contribution in [0.1, 0.15) is 42.9 Å². The Morgan fingerprint density at radius 3 is 2.57 bits per heavy atom. The first-order valence-corrected chi connectivity index (χ1v) is 5.39. The maximum absolute atomic E-state index is 2.31. The van der Waals surface area contributed by atoms with E-state index in [1.165, 1.54) is 23.1 Å².